The van der Waals surface area contributed by atoms with Crippen molar-refractivity contribution < 1.29 is 9.53 Å². The van der Waals surface area contributed by atoms with Crippen LogP contribution < -0.4 is 0 Å². The van der Waals surface area contributed by atoms with E-state index in [1.165, 1.54) is 10.8 Å². The highest BCUT2D eigenvalue weighted by Gasteiger charge is 2.38. The van der Waals surface area contributed by atoms with Gasteiger partial charge in [-0.25, -0.2) is 0 Å². The van der Waals surface area contributed by atoms with Gasteiger partial charge in [-0.1, -0.05) is 42.5 Å². The van der Waals surface area contributed by atoms with Gasteiger partial charge in [-0.3, -0.25) is 4.79 Å². The topological polar surface area (TPSA) is 26.3 Å². The molecule has 1 saturated heterocycles. The van der Waals surface area contributed by atoms with Gasteiger partial charge in [-0.15, -0.1) is 0 Å². The molecule has 1 unspecified atom stereocenters. The first kappa shape index (κ1) is 10.3. The van der Waals surface area contributed by atoms with Crippen LogP contribution >= 0.6 is 0 Å². The third kappa shape index (κ3) is 1.60. The Hall–Kier alpha value is -1.83. The van der Waals surface area contributed by atoms with Crippen molar-refractivity contribution in [2.45, 2.75) is 25.4 Å². The summed E-state index contributed by atoms with van der Waals surface area (Å²) in [4.78, 5) is 11.3. The van der Waals surface area contributed by atoms with Gasteiger partial charge in [-0.2, -0.15) is 0 Å². The van der Waals surface area contributed by atoms with Gasteiger partial charge in [0.25, 0.3) is 0 Å². The minimum absolute atomic E-state index is 0.0968. The second kappa shape index (κ2) is 3.59. The first-order valence-electron chi connectivity index (χ1n) is 5.89. The lowest BCUT2D eigenvalue weighted by Gasteiger charge is -2.24. The van der Waals surface area contributed by atoms with Gasteiger partial charge in [0.2, 0.25) is 0 Å². The van der Waals surface area contributed by atoms with Crippen molar-refractivity contribution in [3.05, 3.63) is 48.0 Å². The molecule has 2 nitrogen and oxygen atoms in total. The fraction of sp³-hybridized carbons (Fsp3) is 0.267. The molecule has 0 bridgehead atoms. The standard InChI is InChI=1S/C15H14O2/c1-15(10-9-14(16)17-15)13-8-4-6-11-5-2-3-7-12(11)13/h2-8H,9-10H2,1H3. The molecule has 3 rings (SSSR count). The summed E-state index contributed by atoms with van der Waals surface area (Å²) in [6.07, 6.45) is 1.28. The highest BCUT2D eigenvalue weighted by molar-refractivity contribution is 5.87. The highest BCUT2D eigenvalue weighted by Crippen LogP contribution is 2.39. The second-order valence-corrected chi connectivity index (χ2v) is 4.73. The van der Waals surface area contributed by atoms with Crippen LogP contribution in [0.5, 0.6) is 0 Å². The minimum atomic E-state index is -0.460. The van der Waals surface area contributed by atoms with Gasteiger partial charge in [0, 0.05) is 18.4 Å². The van der Waals surface area contributed by atoms with Crippen molar-refractivity contribution in [1.82, 2.24) is 0 Å². The summed E-state index contributed by atoms with van der Waals surface area (Å²) in [6.45, 7) is 2.00. The molecule has 0 saturated carbocycles. The van der Waals surface area contributed by atoms with Crippen LogP contribution in [0.25, 0.3) is 10.8 Å². The predicted molar refractivity (Wildman–Crippen MR) is 66.6 cm³/mol. The van der Waals surface area contributed by atoms with Crippen LogP contribution in [-0.2, 0) is 15.1 Å². The van der Waals surface area contributed by atoms with Crippen molar-refractivity contribution >= 4 is 16.7 Å². The largest absolute Gasteiger partial charge is 0.454 e. The van der Waals surface area contributed by atoms with Gasteiger partial charge in [0.05, 0.1) is 0 Å². The zero-order valence-electron chi connectivity index (χ0n) is 9.77. The van der Waals surface area contributed by atoms with Gasteiger partial charge in [-0.05, 0) is 17.7 Å². The minimum Gasteiger partial charge on any atom is -0.454 e. The molecule has 1 aliphatic heterocycles. The number of benzene rings is 2. The van der Waals surface area contributed by atoms with E-state index in [0.29, 0.717) is 6.42 Å². The fourth-order valence-electron chi connectivity index (χ4n) is 2.57. The van der Waals surface area contributed by atoms with E-state index in [1.807, 2.05) is 25.1 Å². The Balaban J connectivity index is 2.21. The summed E-state index contributed by atoms with van der Waals surface area (Å²) in [7, 11) is 0. The molecule has 0 spiro atoms. The molecule has 0 N–H and O–H groups in total. The quantitative estimate of drug-likeness (QED) is 0.697. The van der Waals surface area contributed by atoms with E-state index in [0.717, 1.165) is 12.0 Å². The molecule has 0 radical (unpaired) electrons. The molecule has 1 atom stereocenters. The van der Waals surface area contributed by atoms with Crippen LogP contribution in [0.1, 0.15) is 25.3 Å². The van der Waals surface area contributed by atoms with E-state index in [2.05, 4.69) is 24.3 Å². The van der Waals surface area contributed by atoms with Crippen molar-refractivity contribution in [3.8, 4) is 0 Å². The van der Waals surface area contributed by atoms with Crippen LogP contribution in [0.2, 0.25) is 0 Å². The highest BCUT2D eigenvalue weighted by atomic mass is 16.6. The Kier molecular flexibility index (Phi) is 2.18. The van der Waals surface area contributed by atoms with E-state index in [-0.39, 0.29) is 5.97 Å². The molecular formula is C15H14O2. The van der Waals surface area contributed by atoms with Crippen molar-refractivity contribution in [2.75, 3.05) is 0 Å². The van der Waals surface area contributed by atoms with Crippen LogP contribution in [0, 0.1) is 0 Å². The Morgan fingerprint density at radius 2 is 1.88 bits per heavy atom. The van der Waals surface area contributed by atoms with Gasteiger partial charge in [0.1, 0.15) is 5.60 Å². The van der Waals surface area contributed by atoms with E-state index in [4.69, 9.17) is 4.74 Å². The summed E-state index contributed by atoms with van der Waals surface area (Å²) in [5, 5.41) is 2.36. The van der Waals surface area contributed by atoms with E-state index in [9.17, 15) is 4.79 Å². The monoisotopic (exact) mass is 226 g/mol. The average molecular weight is 226 g/mol. The molecule has 17 heavy (non-hydrogen) atoms. The van der Waals surface area contributed by atoms with Crippen LogP contribution in [0.4, 0.5) is 0 Å². The first-order valence-corrected chi connectivity index (χ1v) is 5.89. The number of hydrogen-bond donors (Lipinski definition) is 0. The van der Waals surface area contributed by atoms with Crippen molar-refractivity contribution in [2.24, 2.45) is 0 Å². The first-order chi connectivity index (χ1) is 8.19. The van der Waals surface area contributed by atoms with Crippen LogP contribution in [-0.4, -0.2) is 5.97 Å². The molecule has 0 aromatic heterocycles. The number of ether oxygens (including phenoxy) is 1. The lowest BCUT2D eigenvalue weighted by atomic mass is 9.89. The Bertz CT molecular complexity index is 583. The number of carbonyl (C=O) groups is 1. The number of cyclic esters (lactones) is 1. The number of rotatable bonds is 1. The van der Waals surface area contributed by atoms with Gasteiger partial charge in [0.15, 0.2) is 0 Å². The van der Waals surface area contributed by atoms with E-state index in [1.54, 1.807) is 0 Å². The number of carbonyl (C=O) groups excluding carboxylic acids is 1. The normalized spacial score (nSPS) is 23.9. The molecule has 86 valence electrons. The van der Waals surface area contributed by atoms with Crippen LogP contribution in [0.15, 0.2) is 42.5 Å². The molecule has 2 aromatic carbocycles. The van der Waals surface area contributed by atoms with E-state index < -0.39 is 5.60 Å². The second-order valence-electron chi connectivity index (χ2n) is 4.73. The maximum atomic E-state index is 11.3. The SMILES string of the molecule is CC1(c2cccc3ccccc23)CCC(=O)O1. The van der Waals surface area contributed by atoms with Crippen LogP contribution in [0.3, 0.4) is 0 Å². The summed E-state index contributed by atoms with van der Waals surface area (Å²) >= 11 is 0. The molecule has 1 heterocycles. The van der Waals surface area contributed by atoms with Gasteiger partial charge < -0.3 is 4.74 Å². The maximum absolute atomic E-state index is 11.3. The third-order valence-corrected chi connectivity index (χ3v) is 3.50. The summed E-state index contributed by atoms with van der Waals surface area (Å²) in [5.74, 6) is -0.0968. The zero-order chi connectivity index (χ0) is 11.9. The zero-order valence-corrected chi connectivity index (χ0v) is 9.77. The van der Waals surface area contributed by atoms with Crippen molar-refractivity contribution in [3.63, 3.8) is 0 Å². The predicted octanol–water partition coefficient (Wildman–Crippen LogP) is 3.39. The van der Waals surface area contributed by atoms with Crippen molar-refractivity contribution in [1.29, 1.82) is 0 Å². The fourth-order valence-corrected chi connectivity index (χ4v) is 2.57. The summed E-state index contributed by atoms with van der Waals surface area (Å²) in [5.41, 5.74) is 0.652. The number of esters is 1. The molecule has 2 heteroatoms. The molecular weight excluding hydrogens is 212 g/mol. The number of hydrogen-bond acceptors (Lipinski definition) is 2. The molecule has 2 aromatic rings. The summed E-state index contributed by atoms with van der Waals surface area (Å²) in [6, 6.07) is 14.4. The lowest BCUT2D eigenvalue weighted by molar-refractivity contribution is -0.147. The number of fused-ring (bicyclic) bond motifs is 1. The Morgan fingerprint density at radius 1 is 1.12 bits per heavy atom. The molecule has 1 aliphatic rings. The molecule has 1 fully saturated rings. The maximum Gasteiger partial charge on any atom is 0.306 e. The van der Waals surface area contributed by atoms with E-state index >= 15 is 0 Å². The smallest absolute Gasteiger partial charge is 0.306 e. The third-order valence-electron chi connectivity index (χ3n) is 3.50. The van der Waals surface area contributed by atoms with Gasteiger partial charge >= 0.3 is 5.97 Å². The average Bonchev–Trinajstić information content (AvgIpc) is 2.70. The molecule has 0 aliphatic carbocycles. The Labute approximate surface area is 100 Å². The molecule has 0 amide bonds. The summed E-state index contributed by atoms with van der Waals surface area (Å²) < 4.78 is 5.50. The Morgan fingerprint density at radius 3 is 2.65 bits per heavy atom. The lowest BCUT2D eigenvalue weighted by Crippen LogP contribution is -2.21.